The maximum atomic E-state index is 12.5. The molecule has 9 heteroatoms. The molecule has 1 aromatic rings. The molecule has 0 aliphatic carbocycles. The van der Waals surface area contributed by atoms with Gasteiger partial charge in [-0.2, -0.15) is 0 Å². The summed E-state index contributed by atoms with van der Waals surface area (Å²) in [7, 11) is -1.46. The van der Waals surface area contributed by atoms with E-state index in [0.29, 0.717) is 5.75 Å². The lowest BCUT2D eigenvalue weighted by Crippen LogP contribution is -2.64. The normalized spacial score (nSPS) is 33.4. The van der Waals surface area contributed by atoms with E-state index in [-0.39, 0.29) is 6.61 Å². The number of carbonyl (C=O) groups excluding carboxylic acids is 2. The summed E-state index contributed by atoms with van der Waals surface area (Å²) in [6, 6.07) is 9.30. The van der Waals surface area contributed by atoms with Crippen LogP contribution < -0.4 is 0 Å². The second-order valence-electron chi connectivity index (χ2n) is 6.54. The Hall–Kier alpha value is -1.81. The Morgan fingerprint density at radius 2 is 1.71 bits per heavy atom. The summed E-state index contributed by atoms with van der Waals surface area (Å²) in [5.74, 6) is -0.856. The number of rotatable bonds is 5. The van der Waals surface area contributed by atoms with Crippen LogP contribution in [-0.4, -0.2) is 58.4 Å². The summed E-state index contributed by atoms with van der Waals surface area (Å²) in [6.45, 7) is 4.39. The Morgan fingerprint density at radius 1 is 1.07 bits per heavy atom. The van der Waals surface area contributed by atoms with E-state index in [4.69, 9.17) is 23.7 Å². The molecule has 2 saturated heterocycles. The zero-order valence-corrected chi connectivity index (χ0v) is 16.8. The molecule has 0 aromatic heterocycles. The highest BCUT2D eigenvalue weighted by Crippen LogP contribution is 2.37. The quantitative estimate of drug-likeness (QED) is 0.671. The van der Waals surface area contributed by atoms with Crippen LogP contribution >= 0.6 is 0 Å². The number of ether oxygens (including phenoxy) is 5. The van der Waals surface area contributed by atoms with Gasteiger partial charge in [0.1, 0.15) is 12.2 Å². The van der Waals surface area contributed by atoms with Crippen molar-refractivity contribution in [3.63, 3.8) is 0 Å². The molecule has 2 aliphatic heterocycles. The van der Waals surface area contributed by atoms with Crippen molar-refractivity contribution in [3.8, 4) is 0 Å². The van der Waals surface area contributed by atoms with Gasteiger partial charge >= 0.3 is 11.9 Å². The lowest BCUT2D eigenvalue weighted by molar-refractivity contribution is -0.321. The van der Waals surface area contributed by atoms with Crippen molar-refractivity contribution in [3.05, 3.63) is 35.9 Å². The summed E-state index contributed by atoms with van der Waals surface area (Å²) in [5.41, 5.74) is -0.147. The van der Waals surface area contributed by atoms with Gasteiger partial charge in [0.15, 0.2) is 23.9 Å². The van der Waals surface area contributed by atoms with E-state index in [1.54, 1.807) is 6.92 Å². The highest BCUT2D eigenvalue weighted by Gasteiger charge is 2.54. The van der Waals surface area contributed by atoms with Crippen LogP contribution in [0.1, 0.15) is 32.6 Å². The van der Waals surface area contributed by atoms with Gasteiger partial charge in [-0.3, -0.25) is 13.8 Å². The highest BCUT2D eigenvalue weighted by molar-refractivity contribution is 7.85. The van der Waals surface area contributed by atoms with Crippen LogP contribution in [0.4, 0.5) is 0 Å². The van der Waals surface area contributed by atoms with Crippen LogP contribution in [-0.2, 0) is 44.1 Å². The molecule has 0 spiro atoms. The van der Waals surface area contributed by atoms with Crippen molar-refractivity contribution in [1.29, 1.82) is 0 Å². The zero-order chi connectivity index (χ0) is 20.3. The largest absolute Gasteiger partial charge is 0.456 e. The molecule has 0 bridgehead atoms. The predicted octanol–water partition coefficient (Wildman–Crippen LogP) is 1.46. The Morgan fingerprint density at radius 3 is 2.32 bits per heavy atom. The van der Waals surface area contributed by atoms with Gasteiger partial charge in [0.2, 0.25) is 0 Å². The molecule has 0 saturated carbocycles. The minimum Gasteiger partial charge on any atom is -0.456 e. The van der Waals surface area contributed by atoms with E-state index in [0.717, 1.165) is 5.56 Å². The summed E-state index contributed by atoms with van der Waals surface area (Å²) in [4.78, 5) is 23.4. The van der Waals surface area contributed by atoms with Gasteiger partial charge in [0, 0.05) is 25.2 Å². The average molecular weight is 412 g/mol. The molecule has 28 heavy (non-hydrogen) atoms. The molecule has 7 atom stereocenters. The smallest absolute Gasteiger partial charge is 0.303 e. The van der Waals surface area contributed by atoms with E-state index >= 15 is 0 Å². The second kappa shape index (κ2) is 9.13. The number of esters is 2. The number of carbonyl (C=O) groups is 2. The molecule has 0 radical (unpaired) electrons. The molecule has 3 rings (SSSR count). The van der Waals surface area contributed by atoms with Crippen molar-refractivity contribution in [2.75, 3.05) is 12.4 Å². The van der Waals surface area contributed by atoms with Gasteiger partial charge < -0.3 is 23.7 Å². The molecule has 2 heterocycles. The minimum atomic E-state index is -1.46. The molecule has 0 amide bonds. The molecule has 2 aliphatic rings. The average Bonchev–Trinajstić information content (AvgIpc) is 2.68. The Bertz CT molecular complexity index is 724. The molecule has 2 unspecified atom stereocenters. The minimum absolute atomic E-state index is 0.159. The molecule has 2 fully saturated rings. The van der Waals surface area contributed by atoms with E-state index in [1.165, 1.54) is 13.8 Å². The van der Waals surface area contributed by atoms with Gasteiger partial charge in [-0.15, -0.1) is 0 Å². The summed E-state index contributed by atoms with van der Waals surface area (Å²) < 4.78 is 41.1. The van der Waals surface area contributed by atoms with Gasteiger partial charge in [-0.05, 0) is 0 Å². The van der Waals surface area contributed by atoms with Gasteiger partial charge in [0.25, 0.3) is 0 Å². The first-order valence-corrected chi connectivity index (χ1v) is 10.5. The van der Waals surface area contributed by atoms with E-state index in [1.807, 2.05) is 30.3 Å². The molecule has 1 aromatic carbocycles. The summed E-state index contributed by atoms with van der Waals surface area (Å²) in [5, 5.41) is 0. The Kier molecular flexibility index (Phi) is 6.82. The monoisotopic (exact) mass is 412 g/mol. The molecule has 0 N–H and O–H groups in total. The lowest BCUT2D eigenvalue weighted by Gasteiger charge is -2.47. The summed E-state index contributed by atoms with van der Waals surface area (Å²) >= 11 is 0. The van der Waals surface area contributed by atoms with Gasteiger partial charge in [-0.1, -0.05) is 37.3 Å². The number of benzene rings is 1. The van der Waals surface area contributed by atoms with Crippen molar-refractivity contribution in [2.45, 2.75) is 56.9 Å². The third kappa shape index (κ3) is 4.60. The lowest BCUT2D eigenvalue weighted by atomic mass is 9.98. The van der Waals surface area contributed by atoms with Crippen LogP contribution in [0, 0.1) is 0 Å². The number of hydrogen-bond donors (Lipinski definition) is 0. The SMILES string of the molecule is CCS(=O)[C@@H]1O[C@@H]2COC(c3ccccc3)O[C@H]2[C@H](OC(C)=O)[C@H]1OC(C)=O. The van der Waals surface area contributed by atoms with Crippen molar-refractivity contribution >= 4 is 22.7 Å². The maximum Gasteiger partial charge on any atom is 0.303 e. The first-order valence-electron chi connectivity index (χ1n) is 9.09. The number of fused-ring (bicyclic) bond motifs is 1. The van der Waals surface area contributed by atoms with E-state index in [9.17, 15) is 13.8 Å². The van der Waals surface area contributed by atoms with Crippen LogP contribution in [0.5, 0.6) is 0 Å². The van der Waals surface area contributed by atoms with Crippen LogP contribution in [0.2, 0.25) is 0 Å². The Balaban J connectivity index is 1.91. The molecular weight excluding hydrogens is 388 g/mol. The van der Waals surface area contributed by atoms with Crippen LogP contribution in [0.25, 0.3) is 0 Å². The third-order valence-corrected chi connectivity index (χ3v) is 5.97. The van der Waals surface area contributed by atoms with Crippen LogP contribution in [0.3, 0.4) is 0 Å². The first-order chi connectivity index (χ1) is 13.4. The van der Waals surface area contributed by atoms with E-state index < -0.39 is 58.9 Å². The number of hydrogen-bond acceptors (Lipinski definition) is 8. The summed E-state index contributed by atoms with van der Waals surface area (Å²) in [6.07, 6.45) is -4.04. The fourth-order valence-electron chi connectivity index (χ4n) is 3.34. The van der Waals surface area contributed by atoms with Gasteiger partial charge in [-0.25, -0.2) is 0 Å². The van der Waals surface area contributed by atoms with Crippen molar-refractivity contribution < 1.29 is 37.5 Å². The van der Waals surface area contributed by atoms with Gasteiger partial charge in [0.05, 0.1) is 17.4 Å². The molecule has 154 valence electrons. The first kappa shape index (κ1) is 20.9. The van der Waals surface area contributed by atoms with Crippen molar-refractivity contribution in [2.24, 2.45) is 0 Å². The van der Waals surface area contributed by atoms with Crippen LogP contribution in [0.15, 0.2) is 30.3 Å². The highest BCUT2D eigenvalue weighted by atomic mass is 32.2. The fraction of sp³-hybridized carbons (Fsp3) is 0.579. The Labute approximate surface area is 165 Å². The standard InChI is InChI=1S/C19H24O8S/c1-4-28(22)19-17(25-12(3)21)16(24-11(2)20)15-14(26-19)10-23-18(27-15)13-8-6-5-7-9-13/h5-9,14-19H,4,10H2,1-3H3/t14-,15-,16+,17-,18?,19+,28?/m1/s1. The topological polar surface area (TPSA) is 97.4 Å². The molecule has 8 nitrogen and oxygen atoms in total. The second-order valence-corrected chi connectivity index (χ2v) is 8.34. The predicted molar refractivity (Wildman–Crippen MR) is 98.5 cm³/mol. The molecular formula is C19H24O8S. The van der Waals surface area contributed by atoms with E-state index in [2.05, 4.69) is 0 Å². The fourth-order valence-corrected chi connectivity index (χ4v) is 4.45. The zero-order valence-electron chi connectivity index (χ0n) is 15.9. The van der Waals surface area contributed by atoms with Crippen molar-refractivity contribution in [1.82, 2.24) is 0 Å². The maximum absolute atomic E-state index is 12.5. The third-order valence-electron chi connectivity index (χ3n) is 4.50.